The number of hydrogen-bond donors (Lipinski definition) is 0. The van der Waals surface area contributed by atoms with Crippen molar-refractivity contribution in [3.05, 3.63) is 75.3 Å². The van der Waals surface area contributed by atoms with Crippen molar-refractivity contribution in [2.24, 2.45) is 0 Å². The van der Waals surface area contributed by atoms with Gasteiger partial charge in [-0.05, 0) is 12.1 Å². The van der Waals surface area contributed by atoms with Crippen LogP contribution in [0.3, 0.4) is 0 Å². The number of ether oxygens (including phenoxy) is 3. The third-order valence-corrected chi connectivity index (χ3v) is 5.01. The second-order valence-electron chi connectivity index (χ2n) is 5.63. The molecule has 2 aromatic carbocycles. The number of allylic oxidation sites excluding steroid dienone is 1. The van der Waals surface area contributed by atoms with Crippen molar-refractivity contribution < 1.29 is 19.0 Å². The van der Waals surface area contributed by atoms with Gasteiger partial charge in [-0.3, -0.25) is 9.59 Å². The van der Waals surface area contributed by atoms with E-state index in [4.69, 9.17) is 14.2 Å². The van der Waals surface area contributed by atoms with Crippen molar-refractivity contribution >= 4 is 33.0 Å². The van der Waals surface area contributed by atoms with Gasteiger partial charge in [-0.1, -0.05) is 41.7 Å². The van der Waals surface area contributed by atoms with Gasteiger partial charge in [0.1, 0.15) is 17.3 Å². The average Bonchev–Trinajstić information content (AvgIpc) is 2.70. The minimum absolute atomic E-state index is 0.0708. The maximum atomic E-state index is 12.8. The second kappa shape index (κ2) is 8.05. The molecule has 0 unspecified atom stereocenters. The summed E-state index contributed by atoms with van der Waals surface area (Å²) in [5.41, 5.74) is 0.828. The second-order valence-corrected chi connectivity index (χ2v) is 6.65. The van der Waals surface area contributed by atoms with Crippen LogP contribution in [-0.4, -0.2) is 27.1 Å². The van der Waals surface area contributed by atoms with E-state index in [-0.39, 0.29) is 10.3 Å². The highest BCUT2D eigenvalue weighted by molar-refractivity contribution is 7.16. The monoisotopic (exact) mass is 382 g/mol. The molecule has 27 heavy (non-hydrogen) atoms. The van der Waals surface area contributed by atoms with Gasteiger partial charge in [-0.25, -0.2) is 0 Å². The molecule has 0 spiro atoms. The zero-order valence-corrected chi connectivity index (χ0v) is 16.0. The van der Waals surface area contributed by atoms with Crippen molar-refractivity contribution in [2.75, 3.05) is 21.3 Å². The minimum Gasteiger partial charge on any atom is -0.497 e. The molecule has 3 rings (SSSR count). The van der Waals surface area contributed by atoms with Crippen LogP contribution in [-0.2, 0) is 4.74 Å². The van der Waals surface area contributed by atoms with Crippen LogP contribution in [0.1, 0.15) is 15.9 Å². The Kier molecular flexibility index (Phi) is 5.57. The molecule has 6 heteroatoms. The van der Waals surface area contributed by atoms with E-state index in [9.17, 15) is 9.59 Å². The van der Waals surface area contributed by atoms with Crippen LogP contribution in [0.2, 0.25) is 0 Å². The van der Waals surface area contributed by atoms with Gasteiger partial charge < -0.3 is 14.2 Å². The Morgan fingerprint density at radius 1 is 1.00 bits per heavy atom. The maximum absolute atomic E-state index is 12.8. The first-order valence-corrected chi connectivity index (χ1v) is 8.94. The molecule has 0 saturated heterocycles. The predicted molar refractivity (Wildman–Crippen MR) is 107 cm³/mol. The molecule has 0 bridgehead atoms. The Bertz CT molecular complexity index is 1070. The van der Waals surface area contributed by atoms with Crippen LogP contribution in [0.4, 0.5) is 0 Å². The van der Waals surface area contributed by atoms with Gasteiger partial charge in [-0.2, -0.15) is 0 Å². The van der Waals surface area contributed by atoms with Crippen molar-refractivity contribution in [3.8, 4) is 11.5 Å². The Morgan fingerprint density at radius 2 is 1.74 bits per heavy atom. The van der Waals surface area contributed by atoms with E-state index in [2.05, 4.69) is 0 Å². The maximum Gasteiger partial charge on any atom is 0.244 e. The molecule has 1 heterocycles. The lowest BCUT2D eigenvalue weighted by Gasteiger charge is -2.09. The van der Waals surface area contributed by atoms with E-state index >= 15 is 0 Å². The fourth-order valence-corrected chi connectivity index (χ4v) is 3.59. The molecule has 3 aromatic rings. The number of carbonyl (C=O) groups is 1. The Morgan fingerprint density at radius 3 is 2.37 bits per heavy atom. The fraction of sp³-hybridized carbons (Fsp3) is 0.143. The molecule has 0 aliphatic rings. The summed E-state index contributed by atoms with van der Waals surface area (Å²) in [5, 5.41) is 0.679. The molecule has 0 atom stereocenters. The van der Waals surface area contributed by atoms with Crippen LogP contribution in [0, 0.1) is 0 Å². The number of benzene rings is 2. The number of methoxy groups -OCH3 is 3. The molecule has 0 N–H and O–H groups in total. The first kappa shape index (κ1) is 18.7. The number of fused-ring (bicyclic) bond motifs is 1. The Labute approximate surface area is 160 Å². The fourth-order valence-electron chi connectivity index (χ4n) is 2.68. The molecule has 0 aliphatic heterocycles. The number of ketones is 1. The van der Waals surface area contributed by atoms with Crippen molar-refractivity contribution in [1.82, 2.24) is 0 Å². The van der Waals surface area contributed by atoms with E-state index in [0.29, 0.717) is 27.3 Å². The summed E-state index contributed by atoms with van der Waals surface area (Å²) >= 11 is 0.980. The highest BCUT2D eigenvalue weighted by atomic mass is 32.1. The number of rotatable bonds is 6. The normalized spacial score (nSPS) is 11.3. The highest BCUT2D eigenvalue weighted by Gasteiger charge is 2.15. The third-order valence-electron chi connectivity index (χ3n) is 4.05. The van der Waals surface area contributed by atoms with Crippen LogP contribution in [0.25, 0.3) is 15.8 Å². The van der Waals surface area contributed by atoms with E-state index < -0.39 is 5.78 Å². The molecular formula is C21H18O5S. The summed E-state index contributed by atoms with van der Waals surface area (Å²) in [6.45, 7) is 0. The van der Waals surface area contributed by atoms with Gasteiger partial charge in [0, 0.05) is 27.8 Å². The zero-order valence-electron chi connectivity index (χ0n) is 15.1. The summed E-state index contributed by atoms with van der Waals surface area (Å²) in [4.78, 5) is 25.3. The molecule has 0 saturated carbocycles. The predicted octanol–water partition coefficient (Wildman–Crippen LogP) is 4.15. The molecule has 5 nitrogen and oxygen atoms in total. The SMILES string of the molecule is CO/C(=C\C(=O)c1cc2c(OC)cc(OC)cc2sc1=O)c1ccccc1. The number of hydrogen-bond acceptors (Lipinski definition) is 6. The third kappa shape index (κ3) is 3.85. The Balaban J connectivity index is 2.10. The summed E-state index contributed by atoms with van der Waals surface area (Å²) in [6.07, 6.45) is 1.33. The van der Waals surface area contributed by atoms with Crippen LogP contribution >= 0.6 is 11.3 Å². The average molecular weight is 382 g/mol. The Hall–Kier alpha value is -3.12. The van der Waals surface area contributed by atoms with E-state index in [1.165, 1.54) is 20.3 Å². The highest BCUT2D eigenvalue weighted by Crippen LogP contribution is 2.33. The van der Waals surface area contributed by atoms with Gasteiger partial charge in [-0.15, -0.1) is 0 Å². The standard InChI is InChI=1S/C21H18O5S/c1-24-14-9-19(26-3)16-11-15(21(23)27-20(16)10-14)17(22)12-18(25-2)13-7-5-4-6-8-13/h4-12H,1-3H3/b18-12-. The molecule has 1 aromatic heterocycles. The van der Waals surface area contributed by atoms with Crippen LogP contribution in [0.15, 0.2) is 59.4 Å². The molecule has 0 radical (unpaired) electrons. The first-order chi connectivity index (χ1) is 13.1. The largest absolute Gasteiger partial charge is 0.497 e. The molecule has 0 amide bonds. The van der Waals surface area contributed by atoms with Crippen LogP contribution in [0.5, 0.6) is 11.5 Å². The first-order valence-electron chi connectivity index (χ1n) is 8.12. The lowest BCUT2D eigenvalue weighted by atomic mass is 10.1. The van der Waals surface area contributed by atoms with Gasteiger partial charge >= 0.3 is 0 Å². The van der Waals surface area contributed by atoms with Gasteiger partial charge in [0.05, 0.1) is 26.9 Å². The summed E-state index contributed by atoms with van der Waals surface area (Å²) < 4.78 is 16.3. The van der Waals surface area contributed by atoms with E-state index in [0.717, 1.165) is 16.9 Å². The van der Waals surface area contributed by atoms with Gasteiger partial charge in [0.15, 0.2) is 5.78 Å². The lowest BCUT2D eigenvalue weighted by molar-refractivity contribution is 0.104. The smallest absolute Gasteiger partial charge is 0.244 e. The topological polar surface area (TPSA) is 61.8 Å². The van der Waals surface area contributed by atoms with Crippen molar-refractivity contribution in [1.29, 1.82) is 0 Å². The van der Waals surface area contributed by atoms with E-state index in [1.54, 1.807) is 25.3 Å². The quantitative estimate of drug-likeness (QED) is 0.364. The molecular weight excluding hydrogens is 364 g/mol. The van der Waals surface area contributed by atoms with Gasteiger partial charge in [0.2, 0.25) is 4.74 Å². The van der Waals surface area contributed by atoms with E-state index in [1.807, 2.05) is 30.3 Å². The summed E-state index contributed by atoms with van der Waals surface area (Å²) in [6, 6.07) is 14.3. The zero-order chi connectivity index (χ0) is 19.4. The summed E-state index contributed by atoms with van der Waals surface area (Å²) in [7, 11) is 4.56. The summed E-state index contributed by atoms with van der Waals surface area (Å²) in [5.74, 6) is 1.09. The van der Waals surface area contributed by atoms with Crippen molar-refractivity contribution in [2.45, 2.75) is 0 Å². The van der Waals surface area contributed by atoms with Gasteiger partial charge in [0.25, 0.3) is 0 Å². The van der Waals surface area contributed by atoms with Crippen molar-refractivity contribution in [3.63, 3.8) is 0 Å². The molecule has 0 fully saturated rings. The molecule has 0 aliphatic carbocycles. The molecule has 138 valence electrons. The van der Waals surface area contributed by atoms with Crippen LogP contribution < -0.4 is 14.2 Å². The lowest BCUT2D eigenvalue weighted by Crippen LogP contribution is -2.10. The minimum atomic E-state index is -0.420. The number of carbonyl (C=O) groups excluding carboxylic acids is 1.